The number of nitrogens with zero attached hydrogens (tertiary/aromatic N) is 2. The first-order valence-electron chi connectivity index (χ1n) is 3.29. The number of fused-ring (bicyclic) bond motifs is 1. The lowest BCUT2D eigenvalue weighted by Gasteiger charge is -1.92. The number of rotatable bonds is 1. The molecule has 0 atom stereocenters. The fraction of sp³-hybridized carbons (Fsp3) is 0.143. The third-order valence-electron chi connectivity index (χ3n) is 1.46. The Balaban J connectivity index is 2.67. The molecule has 2 N–H and O–H groups in total. The van der Waals surface area contributed by atoms with Crippen LogP contribution in [0.1, 0.15) is 5.69 Å². The molecule has 2 rings (SSSR count). The van der Waals surface area contributed by atoms with Crippen molar-refractivity contribution < 1.29 is 0 Å². The second kappa shape index (κ2) is 2.56. The molecular formula is C7H7N3S. The van der Waals surface area contributed by atoms with E-state index in [2.05, 4.69) is 9.97 Å². The SMILES string of the molecule is NCc1ccc2ncsc2n1. The first-order valence-corrected chi connectivity index (χ1v) is 4.17. The Hall–Kier alpha value is -1.00. The van der Waals surface area contributed by atoms with E-state index >= 15 is 0 Å². The molecule has 2 aromatic heterocycles. The van der Waals surface area contributed by atoms with E-state index in [1.54, 1.807) is 5.51 Å². The number of nitrogens with two attached hydrogens (primary N) is 1. The van der Waals surface area contributed by atoms with Crippen molar-refractivity contribution >= 4 is 21.7 Å². The summed E-state index contributed by atoms with van der Waals surface area (Å²) in [6.45, 7) is 0.494. The van der Waals surface area contributed by atoms with Crippen molar-refractivity contribution in [1.82, 2.24) is 9.97 Å². The maximum absolute atomic E-state index is 5.43. The van der Waals surface area contributed by atoms with Gasteiger partial charge in [-0.15, -0.1) is 11.3 Å². The Kier molecular flexibility index (Phi) is 1.56. The Bertz CT molecular complexity index is 368. The highest BCUT2D eigenvalue weighted by Gasteiger charge is 1.97. The van der Waals surface area contributed by atoms with Crippen molar-refractivity contribution in [2.24, 2.45) is 5.73 Å². The minimum absolute atomic E-state index is 0.494. The second-order valence-corrected chi connectivity index (χ2v) is 3.02. The molecule has 0 spiro atoms. The molecule has 56 valence electrons. The van der Waals surface area contributed by atoms with Crippen LogP contribution in [-0.4, -0.2) is 9.97 Å². The summed E-state index contributed by atoms with van der Waals surface area (Å²) in [5.74, 6) is 0. The summed E-state index contributed by atoms with van der Waals surface area (Å²) in [5, 5.41) is 0. The van der Waals surface area contributed by atoms with Gasteiger partial charge in [-0.25, -0.2) is 9.97 Å². The van der Waals surface area contributed by atoms with Crippen molar-refractivity contribution in [2.45, 2.75) is 6.54 Å². The molecule has 0 bridgehead atoms. The molecule has 0 aliphatic carbocycles. The number of hydrogen-bond donors (Lipinski definition) is 1. The van der Waals surface area contributed by atoms with Gasteiger partial charge in [0.2, 0.25) is 0 Å². The highest BCUT2D eigenvalue weighted by atomic mass is 32.1. The third kappa shape index (κ3) is 1.10. The van der Waals surface area contributed by atoms with Gasteiger partial charge in [0.15, 0.2) is 0 Å². The zero-order valence-electron chi connectivity index (χ0n) is 5.82. The summed E-state index contributed by atoms with van der Waals surface area (Å²) < 4.78 is 0. The molecule has 0 radical (unpaired) electrons. The summed E-state index contributed by atoms with van der Waals surface area (Å²) in [5.41, 5.74) is 9.09. The minimum Gasteiger partial charge on any atom is -0.325 e. The quantitative estimate of drug-likeness (QED) is 0.689. The van der Waals surface area contributed by atoms with Gasteiger partial charge in [-0.2, -0.15) is 0 Å². The third-order valence-corrected chi connectivity index (χ3v) is 2.20. The Morgan fingerprint density at radius 2 is 2.36 bits per heavy atom. The smallest absolute Gasteiger partial charge is 0.143 e. The summed E-state index contributed by atoms with van der Waals surface area (Å²) in [4.78, 5) is 9.36. The van der Waals surface area contributed by atoms with E-state index in [0.717, 1.165) is 16.0 Å². The van der Waals surface area contributed by atoms with Gasteiger partial charge in [0.1, 0.15) is 4.83 Å². The van der Waals surface area contributed by atoms with Crippen molar-refractivity contribution in [2.75, 3.05) is 0 Å². The highest BCUT2D eigenvalue weighted by Crippen LogP contribution is 2.14. The molecule has 0 saturated heterocycles. The molecule has 0 aliphatic heterocycles. The van der Waals surface area contributed by atoms with Crippen molar-refractivity contribution in [3.05, 3.63) is 23.3 Å². The molecule has 0 aromatic carbocycles. The fourth-order valence-electron chi connectivity index (χ4n) is 0.903. The van der Waals surface area contributed by atoms with E-state index in [4.69, 9.17) is 5.73 Å². The molecule has 2 aromatic rings. The average molecular weight is 165 g/mol. The number of hydrogen-bond acceptors (Lipinski definition) is 4. The van der Waals surface area contributed by atoms with Crippen molar-refractivity contribution in [3.63, 3.8) is 0 Å². The minimum atomic E-state index is 0.494. The van der Waals surface area contributed by atoms with Crippen molar-refractivity contribution in [1.29, 1.82) is 0 Å². The lowest BCUT2D eigenvalue weighted by Crippen LogP contribution is -1.98. The molecule has 0 aliphatic rings. The van der Waals surface area contributed by atoms with Crippen molar-refractivity contribution in [3.8, 4) is 0 Å². The molecule has 0 fully saturated rings. The molecule has 4 heteroatoms. The van der Waals surface area contributed by atoms with E-state index in [9.17, 15) is 0 Å². The van der Waals surface area contributed by atoms with Gasteiger partial charge in [0.25, 0.3) is 0 Å². The molecule has 2 heterocycles. The number of thiazole rings is 1. The normalized spacial score (nSPS) is 10.6. The van der Waals surface area contributed by atoms with Crippen LogP contribution in [0.3, 0.4) is 0 Å². The zero-order valence-corrected chi connectivity index (χ0v) is 6.64. The lowest BCUT2D eigenvalue weighted by atomic mass is 10.3. The van der Waals surface area contributed by atoms with Crippen LogP contribution in [0, 0.1) is 0 Å². The molecular weight excluding hydrogens is 158 g/mol. The standard InChI is InChI=1S/C7H7N3S/c8-3-5-1-2-6-7(10-5)11-4-9-6/h1-2,4H,3,8H2. The summed E-state index contributed by atoms with van der Waals surface area (Å²) >= 11 is 1.54. The van der Waals surface area contributed by atoms with Gasteiger partial charge in [0, 0.05) is 6.54 Å². The van der Waals surface area contributed by atoms with E-state index in [-0.39, 0.29) is 0 Å². The summed E-state index contributed by atoms with van der Waals surface area (Å²) in [6.07, 6.45) is 0. The van der Waals surface area contributed by atoms with Crippen LogP contribution in [0.5, 0.6) is 0 Å². The Morgan fingerprint density at radius 1 is 1.45 bits per heavy atom. The topological polar surface area (TPSA) is 51.8 Å². The molecule has 3 nitrogen and oxygen atoms in total. The van der Waals surface area contributed by atoms with Crippen LogP contribution in [0.4, 0.5) is 0 Å². The number of aromatic nitrogens is 2. The van der Waals surface area contributed by atoms with E-state index in [1.807, 2.05) is 12.1 Å². The van der Waals surface area contributed by atoms with Gasteiger partial charge >= 0.3 is 0 Å². The Labute approximate surface area is 67.9 Å². The molecule has 0 unspecified atom stereocenters. The fourth-order valence-corrected chi connectivity index (χ4v) is 1.58. The maximum Gasteiger partial charge on any atom is 0.143 e. The van der Waals surface area contributed by atoms with E-state index < -0.39 is 0 Å². The van der Waals surface area contributed by atoms with Gasteiger partial charge in [-0.1, -0.05) is 0 Å². The van der Waals surface area contributed by atoms with Crippen LogP contribution < -0.4 is 5.73 Å². The van der Waals surface area contributed by atoms with Gasteiger partial charge < -0.3 is 5.73 Å². The van der Waals surface area contributed by atoms with Gasteiger partial charge in [0.05, 0.1) is 16.7 Å². The van der Waals surface area contributed by atoms with Crippen LogP contribution in [0.25, 0.3) is 10.3 Å². The second-order valence-electron chi connectivity index (χ2n) is 2.18. The first kappa shape index (κ1) is 6.69. The summed E-state index contributed by atoms with van der Waals surface area (Å²) in [6, 6.07) is 3.85. The maximum atomic E-state index is 5.43. The zero-order chi connectivity index (χ0) is 7.68. The lowest BCUT2D eigenvalue weighted by molar-refractivity contribution is 1.01. The Morgan fingerprint density at radius 3 is 3.18 bits per heavy atom. The predicted octanol–water partition coefficient (Wildman–Crippen LogP) is 1.15. The average Bonchev–Trinajstić information content (AvgIpc) is 2.50. The molecule has 0 amide bonds. The van der Waals surface area contributed by atoms with Gasteiger partial charge in [-0.05, 0) is 12.1 Å². The van der Waals surface area contributed by atoms with Gasteiger partial charge in [-0.3, -0.25) is 0 Å². The highest BCUT2D eigenvalue weighted by molar-refractivity contribution is 7.16. The first-order chi connectivity index (χ1) is 5.40. The van der Waals surface area contributed by atoms with Crippen LogP contribution in [-0.2, 0) is 6.54 Å². The van der Waals surface area contributed by atoms with E-state index in [1.165, 1.54) is 11.3 Å². The van der Waals surface area contributed by atoms with Crippen LogP contribution in [0.15, 0.2) is 17.6 Å². The summed E-state index contributed by atoms with van der Waals surface area (Å²) in [7, 11) is 0. The van der Waals surface area contributed by atoms with Crippen LogP contribution >= 0.6 is 11.3 Å². The largest absolute Gasteiger partial charge is 0.325 e. The van der Waals surface area contributed by atoms with E-state index in [0.29, 0.717) is 6.54 Å². The number of pyridine rings is 1. The molecule has 11 heavy (non-hydrogen) atoms. The predicted molar refractivity (Wildman–Crippen MR) is 45.3 cm³/mol. The van der Waals surface area contributed by atoms with Crippen LogP contribution in [0.2, 0.25) is 0 Å². The monoisotopic (exact) mass is 165 g/mol. The molecule has 0 saturated carbocycles.